The molecule has 7 nitrogen and oxygen atoms in total. The average Bonchev–Trinajstić information content (AvgIpc) is 3.37. The lowest BCUT2D eigenvalue weighted by Crippen LogP contribution is -2.40. The first-order valence-corrected chi connectivity index (χ1v) is 11.1. The molecule has 4 rings (SSSR count). The van der Waals surface area contributed by atoms with Crippen LogP contribution in [0.15, 0.2) is 51.7 Å². The number of rotatable bonds is 6. The van der Waals surface area contributed by atoms with Gasteiger partial charge in [0.05, 0.1) is 5.75 Å². The fourth-order valence-corrected chi connectivity index (χ4v) is 4.94. The number of amides is 1. The Morgan fingerprint density at radius 3 is 2.75 bits per heavy atom. The van der Waals surface area contributed by atoms with E-state index >= 15 is 0 Å². The van der Waals surface area contributed by atoms with E-state index in [1.807, 2.05) is 34.5 Å². The van der Waals surface area contributed by atoms with E-state index < -0.39 is 0 Å². The van der Waals surface area contributed by atoms with Crippen LogP contribution in [0.3, 0.4) is 0 Å². The van der Waals surface area contributed by atoms with Gasteiger partial charge in [0.15, 0.2) is 0 Å². The van der Waals surface area contributed by atoms with Gasteiger partial charge in [-0.15, -0.1) is 23.1 Å². The van der Waals surface area contributed by atoms with Gasteiger partial charge >= 0.3 is 5.69 Å². The van der Waals surface area contributed by atoms with Gasteiger partial charge in [0.25, 0.3) is 0 Å². The molecule has 1 amide bonds. The van der Waals surface area contributed by atoms with Crippen LogP contribution in [0.1, 0.15) is 18.7 Å². The lowest BCUT2D eigenvalue weighted by atomic mass is 9.93. The quantitative estimate of drug-likeness (QED) is 0.626. The number of nitrogens with one attached hydrogen (secondary N) is 1. The fraction of sp³-hybridized carbons (Fsp3) is 0.368. The van der Waals surface area contributed by atoms with Crippen molar-refractivity contribution in [2.75, 3.05) is 18.8 Å². The standard InChI is InChI=1S/C19H21N5O2S2/c25-17(13-28-15-3-7-20-8-4-15)23-9-5-14(6-10-23)12-16-21-22-19(26)24(16)18-2-1-11-27-18/h1-4,7-8,11,14H,5-6,9-10,12-13H2,(H,22,26). The summed E-state index contributed by atoms with van der Waals surface area (Å²) >= 11 is 3.07. The SMILES string of the molecule is O=C(CSc1ccncc1)N1CCC(Cc2n[nH]c(=O)n2-c2cccs2)CC1. The Labute approximate surface area is 170 Å². The summed E-state index contributed by atoms with van der Waals surface area (Å²) in [6.07, 6.45) is 6.07. The molecule has 3 aromatic rings. The second-order valence-corrected chi connectivity index (χ2v) is 8.71. The van der Waals surface area contributed by atoms with Crippen molar-refractivity contribution in [1.82, 2.24) is 24.6 Å². The second-order valence-electron chi connectivity index (χ2n) is 6.73. The van der Waals surface area contributed by atoms with Crippen molar-refractivity contribution < 1.29 is 4.79 Å². The number of thiophene rings is 1. The van der Waals surface area contributed by atoms with Crippen LogP contribution in [0, 0.1) is 5.92 Å². The smallest absolute Gasteiger partial charge is 0.342 e. The Kier molecular flexibility index (Phi) is 5.92. The third-order valence-corrected chi connectivity index (χ3v) is 6.77. The van der Waals surface area contributed by atoms with Crippen LogP contribution in [0.2, 0.25) is 0 Å². The van der Waals surface area contributed by atoms with Crippen LogP contribution >= 0.6 is 23.1 Å². The molecule has 4 heterocycles. The molecule has 0 bridgehead atoms. The number of carbonyl (C=O) groups is 1. The summed E-state index contributed by atoms with van der Waals surface area (Å²) in [7, 11) is 0. The maximum Gasteiger partial charge on any atom is 0.348 e. The molecule has 1 aliphatic heterocycles. The second kappa shape index (κ2) is 8.74. The Bertz CT molecular complexity index is 960. The molecule has 9 heteroatoms. The van der Waals surface area contributed by atoms with Crippen molar-refractivity contribution >= 4 is 29.0 Å². The highest BCUT2D eigenvalue weighted by molar-refractivity contribution is 8.00. The number of piperidine rings is 1. The molecule has 0 radical (unpaired) electrons. The van der Waals surface area contributed by atoms with Gasteiger partial charge in [-0.25, -0.2) is 14.5 Å². The molecule has 1 saturated heterocycles. The van der Waals surface area contributed by atoms with Crippen molar-refractivity contribution in [2.24, 2.45) is 5.92 Å². The largest absolute Gasteiger partial charge is 0.348 e. The van der Waals surface area contributed by atoms with E-state index in [1.165, 1.54) is 11.3 Å². The molecule has 0 saturated carbocycles. The number of thioether (sulfide) groups is 1. The van der Waals surface area contributed by atoms with E-state index in [9.17, 15) is 9.59 Å². The number of pyridine rings is 1. The Morgan fingerprint density at radius 2 is 2.04 bits per heavy atom. The summed E-state index contributed by atoms with van der Waals surface area (Å²) in [5.41, 5.74) is -0.196. The van der Waals surface area contributed by atoms with Crippen LogP contribution in [0.4, 0.5) is 0 Å². The number of nitrogens with zero attached hydrogens (tertiary/aromatic N) is 4. The molecule has 1 aliphatic rings. The Hall–Kier alpha value is -2.39. The number of aromatic nitrogens is 4. The van der Waals surface area contributed by atoms with Gasteiger partial charge in [-0.05, 0) is 48.4 Å². The number of hydrogen-bond donors (Lipinski definition) is 1. The number of carbonyl (C=O) groups excluding carboxylic acids is 1. The lowest BCUT2D eigenvalue weighted by molar-refractivity contribution is -0.129. The summed E-state index contributed by atoms with van der Waals surface area (Å²) in [5, 5.41) is 9.63. The lowest BCUT2D eigenvalue weighted by Gasteiger charge is -2.31. The van der Waals surface area contributed by atoms with Crippen LogP contribution in [-0.2, 0) is 11.2 Å². The maximum atomic E-state index is 12.5. The predicted molar refractivity (Wildman–Crippen MR) is 110 cm³/mol. The van der Waals surface area contributed by atoms with E-state index in [0.717, 1.165) is 48.1 Å². The normalized spacial score (nSPS) is 15.1. The van der Waals surface area contributed by atoms with Gasteiger partial charge in [0.2, 0.25) is 5.91 Å². The highest BCUT2D eigenvalue weighted by Gasteiger charge is 2.25. The van der Waals surface area contributed by atoms with E-state index in [4.69, 9.17) is 0 Å². The molecule has 28 heavy (non-hydrogen) atoms. The molecule has 0 atom stereocenters. The van der Waals surface area contributed by atoms with E-state index in [0.29, 0.717) is 11.7 Å². The third-order valence-electron chi connectivity index (χ3n) is 4.92. The van der Waals surface area contributed by atoms with Gasteiger partial charge in [0.1, 0.15) is 10.8 Å². The zero-order valence-electron chi connectivity index (χ0n) is 15.3. The molecule has 0 aliphatic carbocycles. The topological polar surface area (TPSA) is 83.9 Å². The summed E-state index contributed by atoms with van der Waals surface area (Å²) in [5.74, 6) is 1.82. The zero-order chi connectivity index (χ0) is 19.3. The van der Waals surface area contributed by atoms with Crippen LogP contribution in [0.25, 0.3) is 5.00 Å². The van der Waals surface area contributed by atoms with Crippen molar-refractivity contribution in [1.29, 1.82) is 0 Å². The van der Waals surface area contributed by atoms with Crippen LogP contribution < -0.4 is 5.69 Å². The highest BCUT2D eigenvalue weighted by Crippen LogP contribution is 2.24. The minimum Gasteiger partial charge on any atom is -0.342 e. The van der Waals surface area contributed by atoms with Gasteiger partial charge in [-0.2, -0.15) is 5.10 Å². The molecule has 1 N–H and O–H groups in total. The highest BCUT2D eigenvalue weighted by atomic mass is 32.2. The molecule has 1 fully saturated rings. The summed E-state index contributed by atoms with van der Waals surface area (Å²) < 4.78 is 1.66. The number of hydrogen-bond acceptors (Lipinski definition) is 6. The van der Waals surface area contributed by atoms with Gasteiger partial charge in [-0.1, -0.05) is 0 Å². The van der Waals surface area contributed by atoms with Gasteiger partial charge in [0, 0.05) is 36.8 Å². The van der Waals surface area contributed by atoms with Gasteiger partial charge in [-0.3, -0.25) is 9.78 Å². The van der Waals surface area contributed by atoms with Gasteiger partial charge < -0.3 is 4.90 Å². The third kappa shape index (κ3) is 4.36. The Balaban J connectivity index is 1.30. The first-order chi connectivity index (χ1) is 13.7. The van der Waals surface area contributed by atoms with Crippen molar-refractivity contribution in [3.63, 3.8) is 0 Å². The summed E-state index contributed by atoms with van der Waals surface area (Å²) in [6, 6.07) is 7.69. The molecular weight excluding hydrogens is 394 g/mol. The molecule has 0 aromatic carbocycles. The first-order valence-electron chi connectivity index (χ1n) is 9.21. The van der Waals surface area contributed by atoms with E-state index in [1.54, 1.807) is 28.7 Å². The van der Waals surface area contributed by atoms with Crippen molar-refractivity contribution in [3.8, 4) is 5.00 Å². The monoisotopic (exact) mass is 415 g/mol. The van der Waals surface area contributed by atoms with E-state index in [2.05, 4.69) is 15.2 Å². The summed E-state index contributed by atoms with van der Waals surface area (Å²) in [6.45, 7) is 1.52. The minimum absolute atomic E-state index is 0.176. The summed E-state index contributed by atoms with van der Waals surface area (Å²) in [4.78, 5) is 31.6. The maximum absolute atomic E-state index is 12.5. The van der Waals surface area contributed by atoms with E-state index in [-0.39, 0.29) is 11.6 Å². The van der Waals surface area contributed by atoms with Crippen molar-refractivity contribution in [3.05, 3.63) is 58.3 Å². The van der Waals surface area contributed by atoms with Crippen molar-refractivity contribution in [2.45, 2.75) is 24.2 Å². The Morgan fingerprint density at radius 1 is 1.25 bits per heavy atom. The van der Waals surface area contributed by atoms with Crippen LogP contribution in [-0.4, -0.2) is 49.4 Å². The minimum atomic E-state index is -0.196. The zero-order valence-corrected chi connectivity index (χ0v) is 16.9. The molecule has 3 aromatic heterocycles. The molecule has 0 unspecified atom stereocenters. The molecule has 146 valence electrons. The molecular formula is C19H21N5O2S2. The number of likely N-dealkylation sites (tertiary alicyclic amines) is 1. The van der Waals surface area contributed by atoms with Crippen LogP contribution in [0.5, 0.6) is 0 Å². The number of aromatic amines is 1. The first kappa shape index (κ1) is 18.9. The number of H-pyrrole nitrogens is 1. The molecule has 0 spiro atoms. The predicted octanol–water partition coefficient (Wildman–Crippen LogP) is 2.59. The average molecular weight is 416 g/mol. The fourth-order valence-electron chi connectivity index (χ4n) is 3.41.